The maximum Gasteiger partial charge on any atom is 0.381 e. The summed E-state index contributed by atoms with van der Waals surface area (Å²) in [6.07, 6.45) is -1.99. The Morgan fingerprint density at radius 2 is 1.30 bits per heavy atom. The molecule has 0 rings (SSSR count). The smallest absolute Gasteiger partial charge is 0.381 e. The number of hydrogen-bond donors (Lipinski definition) is 0. The molecule has 0 N–H and O–H groups in total. The number of ether oxygens (including phenoxy) is 1. The number of alkyl halides is 8. The van der Waals surface area contributed by atoms with Gasteiger partial charge in [0.1, 0.15) is 0 Å². The summed E-state index contributed by atoms with van der Waals surface area (Å²) in [5.41, 5.74) is 0. The van der Waals surface area contributed by atoms with Crippen LogP contribution in [0.5, 0.6) is 0 Å². The molecule has 0 saturated carbocycles. The fraction of sp³-hybridized carbons (Fsp3) is 0.923. The Kier molecular flexibility index (Phi) is 7.29. The number of carbonyl (C=O) groups excluding carboxylic acids is 1. The third kappa shape index (κ3) is 4.69. The van der Waals surface area contributed by atoms with Gasteiger partial charge in [-0.2, -0.15) is 35.1 Å². The minimum Gasteiger partial charge on any atom is -0.459 e. The van der Waals surface area contributed by atoms with Crippen molar-refractivity contribution in [3.05, 3.63) is 0 Å². The van der Waals surface area contributed by atoms with Gasteiger partial charge < -0.3 is 4.74 Å². The van der Waals surface area contributed by atoms with E-state index >= 15 is 0 Å². The van der Waals surface area contributed by atoms with Crippen molar-refractivity contribution in [1.29, 1.82) is 0 Å². The molecule has 0 aromatic carbocycles. The molecule has 0 unspecified atom stereocenters. The highest BCUT2D eigenvalue weighted by molar-refractivity contribution is 5.69. The quantitative estimate of drug-likeness (QED) is 0.403. The van der Waals surface area contributed by atoms with Crippen molar-refractivity contribution in [2.45, 2.75) is 69.6 Å². The second-order valence-electron chi connectivity index (χ2n) is 5.07. The Labute approximate surface area is 128 Å². The van der Waals surface area contributed by atoms with Crippen molar-refractivity contribution in [3.8, 4) is 0 Å². The van der Waals surface area contributed by atoms with Crippen LogP contribution >= 0.6 is 0 Å². The summed E-state index contributed by atoms with van der Waals surface area (Å²) in [6.45, 7) is 0.253. The molecule has 23 heavy (non-hydrogen) atoms. The first-order chi connectivity index (χ1) is 10.3. The number of hydrogen-bond acceptors (Lipinski definition) is 2. The van der Waals surface area contributed by atoms with Crippen LogP contribution in [-0.2, 0) is 9.53 Å². The molecule has 0 saturated heterocycles. The highest BCUT2D eigenvalue weighted by Crippen LogP contribution is 2.53. The van der Waals surface area contributed by atoms with Crippen molar-refractivity contribution in [2.75, 3.05) is 6.61 Å². The summed E-state index contributed by atoms with van der Waals surface area (Å²) < 4.78 is 110. The highest BCUT2D eigenvalue weighted by Gasteiger charge is 2.80. The van der Waals surface area contributed by atoms with E-state index in [1.165, 1.54) is 0 Å². The van der Waals surface area contributed by atoms with Crippen LogP contribution in [0, 0.1) is 0 Å². The molecule has 0 atom stereocenters. The van der Waals surface area contributed by atoms with E-state index in [4.69, 9.17) is 0 Å². The molecule has 0 aliphatic carbocycles. The summed E-state index contributed by atoms with van der Waals surface area (Å²) in [7, 11) is 0. The van der Waals surface area contributed by atoms with Gasteiger partial charge in [-0.25, -0.2) is 0 Å². The van der Waals surface area contributed by atoms with E-state index in [1.807, 2.05) is 0 Å². The van der Waals surface area contributed by atoms with Crippen molar-refractivity contribution >= 4 is 5.97 Å². The van der Waals surface area contributed by atoms with Gasteiger partial charge in [0.15, 0.2) is 6.61 Å². The Morgan fingerprint density at radius 3 is 1.74 bits per heavy atom. The van der Waals surface area contributed by atoms with Gasteiger partial charge in [0.25, 0.3) is 0 Å². The molecule has 0 amide bonds. The molecule has 0 aliphatic heterocycles. The first-order valence-corrected chi connectivity index (χ1v) is 6.93. The molecule has 0 aliphatic rings. The van der Waals surface area contributed by atoms with Crippen molar-refractivity contribution < 1.29 is 44.7 Å². The zero-order valence-corrected chi connectivity index (χ0v) is 12.6. The third-order valence-electron chi connectivity index (χ3n) is 3.03. The van der Waals surface area contributed by atoms with Crippen LogP contribution in [0.2, 0.25) is 0 Å². The fourth-order valence-electron chi connectivity index (χ4n) is 1.59. The Balaban J connectivity index is 5.17. The van der Waals surface area contributed by atoms with Gasteiger partial charge in [0.2, 0.25) is 0 Å². The first kappa shape index (κ1) is 21.9. The summed E-state index contributed by atoms with van der Waals surface area (Å²) in [5, 5.41) is 0. The van der Waals surface area contributed by atoms with E-state index in [0.717, 1.165) is 6.92 Å². The standard InChI is InChI=1S/C13H18F8O2/c1-3-5-6-9(22)23-8-11(16,17)13(20,21)12(18,19)10(14,15)7-4-2/h3-8H2,1-2H3. The van der Waals surface area contributed by atoms with Crippen LogP contribution in [0.3, 0.4) is 0 Å². The molecule has 0 spiro atoms. The van der Waals surface area contributed by atoms with Gasteiger partial charge >= 0.3 is 29.7 Å². The lowest BCUT2D eigenvalue weighted by molar-refractivity contribution is -0.371. The van der Waals surface area contributed by atoms with Gasteiger partial charge in [-0.3, -0.25) is 4.79 Å². The van der Waals surface area contributed by atoms with Crippen LogP contribution in [-0.4, -0.2) is 36.3 Å². The minimum absolute atomic E-state index is 0.214. The van der Waals surface area contributed by atoms with Gasteiger partial charge in [-0.15, -0.1) is 0 Å². The first-order valence-electron chi connectivity index (χ1n) is 6.93. The van der Waals surface area contributed by atoms with Crippen LogP contribution in [0.15, 0.2) is 0 Å². The van der Waals surface area contributed by atoms with Crippen molar-refractivity contribution in [3.63, 3.8) is 0 Å². The third-order valence-corrected chi connectivity index (χ3v) is 3.03. The molecule has 138 valence electrons. The van der Waals surface area contributed by atoms with E-state index in [0.29, 0.717) is 6.42 Å². The van der Waals surface area contributed by atoms with Crippen LogP contribution < -0.4 is 0 Å². The number of esters is 1. The van der Waals surface area contributed by atoms with E-state index in [1.54, 1.807) is 6.92 Å². The zero-order chi connectivity index (χ0) is 18.5. The molecule has 0 bridgehead atoms. The highest BCUT2D eigenvalue weighted by atomic mass is 19.4. The second kappa shape index (κ2) is 7.65. The number of halogens is 8. The van der Waals surface area contributed by atoms with E-state index < -0.39 is 49.1 Å². The van der Waals surface area contributed by atoms with Gasteiger partial charge in [0.05, 0.1) is 0 Å². The molecular formula is C13H18F8O2. The van der Waals surface area contributed by atoms with Gasteiger partial charge in [0, 0.05) is 12.8 Å². The summed E-state index contributed by atoms with van der Waals surface area (Å²) in [5.74, 6) is -25.0. The van der Waals surface area contributed by atoms with Crippen LogP contribution in [0.1, 0.15) is 46.0 Å². The monoisotopic (exact) mass is 358 g/mol. The van der Waals surface area contributed by atoms with Crippen molar-refractivity contribution in [1.82, 2.24) is 0 Å². The molecule has 0 fully saturated rings. The SMILES string of the molecule is CCCCC(=O)OCC(F)(F)C(F)(F)C(F)(F)C(F)(F)CCC. The van der Waals surface area contributed by atoms with Crippen molar-refractivity contribution in [2.24, 2.45) is 0 Å². The lowest BCUT2D eigenvalue weighted by atomic mass is 9.96. The predicted octanol–water partition coefficient (Wildman–Crippen LogP) is 5.06. The predicted molar refractivity (Wildman–Crippen MR) is 65.2 cm³/mol. The van der Waals surface area contributed by atoms with E-state index in [9.17, 15) is 39.9 Å². The summed E-state index contributed by atoms with van der Waals surface area (Å²) in [6, 6.07) is 0. The molecule has 0 radical (unpaired) electrons. The minimum atomic E-state index is -6.39. The maximum absolute atomic E-state index is 13.3. The van der Waals surface area contributed by atoms with E-state index in [2.05, 4.69) is 4.74 Å². The van der Waals surface area contributed by atoms with Crippen LogP contribution in [0.25, 0.3) is 0 Å². The normalized spacial score (nSPS) is 14.0. The lowest BCUT2D eigenvalue weighted by Crippen LogP contribution is -2.63. The molecule has 0 aromatic rings. The summed E-state index contributed by atoms with van der Waals surface area (Å²) >= 11 is 0. The van der Waals surface area contributed by atoms with E-state index in [-0.39, 0.29) is 12.8 Å². The Hall–Kier alpha value is -1.09. The lowest BCUT2D eigenvalue weighted by Gasteiger charge is -2.36. The Bertz CT molecular complexity index is 395. The maximum atomic E-state index is 13.3. The molecule has 10 heteroatoms. The Morgan fingerprint density at radius 1 is 0.826 bits per heavy atom. The average molecular weight is 358 g/mol. The van der Waals surface area contributed by atoms with Gasteiger partial charge in [-0.05, 0) is 6.42 Å². The number of carbonyl (C=O) groups is 1. The molecule has 0 aromatic heterocycles. The molecular weight excluding hydrogens is 340 g/mol. The molecule has 0 heterocycles. The van der Waals surface area contributed by atoms with Gasteiger partial charge in [-0.1, -0.05) is 26.7 Å². The average Bonchev–Trinajstić information content (AvgIpc) is 2.42. The zero-order valence-electron chi connectivity index (χ0n) is 12.6. The molecule has 2 nitrogen and oxygen atoms in total. The second-order valence-corrected chi connectivity index (χ2v) is 5.07. The van der Waals surface area contributed by atoms with Crippen LogP contribution in [0.4, 0.5) is 35.1 Å². The topological polar surface area (TPSA) is 26.3 Å². The largest absolute Gasteiger partial charge is 0.459 e. The fourth-order valence-corrected chi connectivity index (χ4v) is 1.59. The number of rotatable bonds is 10. The number of unbranched alkanes of at least 4 members (excludes halogenated alkanes) is 1. The summed E-state index contributed by atoms with van der Waals surface area (Å²) in [4.78, 5) is 11.0.